The van der Waals surface area contributed by atoms with Crippen LogP contribution < -0.4 is 19.7 Å². The summed E-state index contributed by atoms with van der Waals surface area (Å²) in [7, 11) is 3.47. The van der Waals surface area contributed by atoms with E-state index in [9.17, 15) is 14.4 Å². The maximum Gasteiger partial charge on any atom is 0.415 e. The Bertz CT molecular complexity index is 2520. The average molecular weight is 937 g/mol. The van der Waals surface area contributed by atoms with Crippen molar-refractivity contribution in [1.82, 2.24) is 19.8 Å². The molecule has 362 valence electrons. The normalized spacial score (nSPS) is 11.7. The van der Waals surface area contributed by atoms with Crippen molar-refractivity contribution in [3.63, 3.8) is 0 Å². The van der Waals surface area contributed by atoms with E-state index >= 15 is 0 Å². The van der Waals surface area contributed by atoms with Gasteiger partial charge in [-0.25, -0.2) is 19.6 Å². The molecule has 14 heteroatoms. The van der Waals surface area contributed by atoms with Crippen LogP contribution in [-0.4, -0.2) is 90.1 Å². The molecule has 69 heavy (non-hydrogen) atoms. The number of carbonyl (C=O) groups is 3. The van der Waals surface area contributed by atoms with Crippen LogP contribution in [0.1, 0.15) is 61.3 Å². The van der Waals surface area contributed by atoms with Gasteiger partial charge < -0.3 is 29.0 Å². The molecule has 6 rings (SSSR count). The zero-order valence-electron chi connectivity index (χ0n) is 40.5. The fourth-order valence-electron chi connectivity index (χ4n) is 7.28. The minimum Gasteiger partial charge on any atom is -0.493 e. The highest BCUT2D eigenvalue weighted by atomic mass is 16.6. The van der Waals surface area contributed by atoms with Crippen LogP contribution in [0.4, 0.5) is 16.4 Å². The molecule has 4 aromatic carbocycles. The topological polar surface area (TPSA) is 145 Å². The molecule has 0 radical (unpaired) electrons. The second kappa shape index (κ2) is 25.7. The number of esters is 2. The molecule has 14 nitrogen and oxygen atoms in total. The van der Waals surface area contributed by atoms with Gasteiger partial charge in [0, 0.05) is 64.5 Å². The van der Waals surface area contributed by atoms with Gasteiger partial charge in [-0.2, -0.15) is 0 Å². The number of rotatable bonds is 24. The van der Waals surface area contributed by atoms with Crippen molar-refractivity contribution in [2.45, 2.75) is 78.5 Å². The quantitative estimate of drug-likeness (QED) is 0.0350. The van der Waals surface area contributed by atoms with Gasteiger partial charge in [-0.3, -0.25) is 19.5 Å². The summed E-state index contributed by atoms with van der Waals surface area (Å²) in [6.07, 6.45) is -0.637. The third kappa shape index (κ3) is 17.1. The van der Waals surface area contributed by atoms with E-state index in [4.69, 9.17) is 23.7 Å². The Hall–Kier alpha value is -7.29. The van der Waals surface area contributed by atoms with Crippen LogP contribution in [0.15, 0.2) is 146 Å². The van der Waals surface area contributed by atoms with E-state index in [2.05, 4.69) is 15.3 Å². The molecular formula is C55H64N6O8. The van der Waals surface area contributed by atoms with Gasteiger partial charge in [0.2, 0.25) is 0 Å². The summed E-state index contributed by atoms with van der Waals surface area (Å²) in [4.78, 5) is 54.9. The highest BCUT2D eigenvalue weighted by molar-refractivity contribution is 5.86. The summed E-state index contributed by atoms with van der Waals surface area (Å²) in [6, 6.07) is 46.4. The van der Waals surface area contributed by atoms with E-state index < -0.39 is 29.9 Å². The monoisotopic (exact) mass is 936 g/mol. The molecule has 1 atom stereocenters. The van der Waals surface area contributed by atoms with Gasteiger partial charge >= 0.3 is 18.0 Å². The van der Waals surface area contributed by atoms with Crippen molar-refractivity contribution < 1.29 is 38.1 Å². The first-order valence-corrected chi connectivity index (χ1v) is 23.2. The van der Waals surface area contributed by atoms with Gasteiger partial charge in [0.15, 0.2) is 0 Å². The Labute approximate surface area is 406 Å². The zero-order chi connectivity index (χ0) is 49.0. The Morgan fingerprint density at radius 3 is 1.67 bits per heavy atom. The maximum absolute atomic E-state index is 14.1. The fraction of sp³-hybridized carbons (Fsp3) is 0.327. The first kappa shape index (κ1) is 51.1. The summed E-state index contributed by atoms with van der Waals surface area (Å²) in [5.41, 5.74) is 4.87. The summed E-state index contributed by atoms with van der Waals surface area (Å²) in [5.74, 6) is 1.45. The molecular weight excluding hydrogens is 873 g/mol. The maximum atomic E-state index is 14.1. The zero-order valence-corrected chi connectivity index (χ0v) is 40.5. The predicted octanol–water partition coefficient (Wildman–Crippen LogP) is 9.27. The molecule has 0 spiro atoms. The van der Waals surface area contributed by atoms with Gasteiger partial charge in [0.1, 0.15) is 28.7 Å². The van der Waals surface area contributed by atoms with Crippen molar-refractivity contribution in [3.8, 4) is 11.5 Å². The summed E-state index contributed by atoms with van der Waals surface area (Å²) in [6.45, 7) is 9.49. The number of nitrogens with one attached hydrogen (secondary N) is 1. The van der Waals surface area contributed by atoms with Gasteiger partial charge in [-0.15, -0.1) is 0 Å². The molecule has 1 N–H and O–H groups in total. The van der Waals surface area contributed by atoms with Crippen molar-refractivity contribution in [1.29, 1.82) is 0 Å². The van der Waals surface area contributed by atoms with E-state index in [1.165, 1.54) is 4.90 Å². The average Bonchev–Trinajstić information content (AvgIpc) is 3.34. The number of ether oxygens (including phenoxy) is 5. The summed E-state index contributed by atoms with van der Waals surface area (Å²) in [5, 5.41) is 3.06. The molecule has 6 aromatic rings. The number of amides is 1. The number of pyridine rings is 2. The van der Waals surface area contributed by atoms with Crippen LogP contribution >= 0.6 is 0 Å². The smallest absolute Gasteiger partial charge is 0.415 e. The van der Waals surface area contributed by atoms with Gasteiger partial charge in [0.25, 0.3) is 6.23 Å². The lowest BCUT2D eigenvalue weighted by Gasteiger charge is -2.31. The van der Waals surface area contributed by atoms with E-state index in [1.54, 1.807) is 20.0 Å². The number of carbonyl (C=O) groups excluding carboxylic acids is 3. The molecule has 0 aliphatic carbocycles. The number of aromatic nitrogens is 2. The Kier molecular flexibility index (Phi) is 19.1. The lowest BCUT2D eigenvalue weighted by atomic mass is 10.1. The lowest BCUT2D eigenvalue weighted by Crippen LogP contribution is -2.46. The van der Waals surface area contributed by atoms with Crippen LogP contribution in [0, 0.1) is 0 Å². The largest absolute Gasteiger partial charge is 0.493 e. The fourth-order valence-corrected chi connectivity index (χ4v) is 7.28. The Morgan fingerprint density at radius 2 is 1.13 bits per heavy atom. The summed E-state index contributed by atoms with van der Waals surface area (Å²) >= 11 is 0. The molecule has 1 amide bonds. The molecule has 0 fully saturated rings. The second-order valence-electron chi connectivity index (χ2n) is 17.4. The molecule has 0 aliphatic rings. The van der Waals surface area contributed by atoms with E-state index in [0.717, 1.165) is 39.5 Å². The van der Waals surface area contributed by atoms with Crippen molar-refractivity contribution >= 4 is 29.7 Å². The number of hydrogen-bond donors (Lipinski definition) is 1. The van der Waals surface area contributed by atoms with Crippen LogP contribution in [-0.2, 0) is 62.8 Å². The molecule has 0 bridgehead atoms. The SMILES string of the molecule is CCOC(=O)C(OC(=O)CN(Cc1ccccc1)Cc1ccc(OCCc2cccc(N(C)C(=O)OC(C)(C)C)n2)cc1)N(Cc1ccccc1)Cc1ccc(OCCc2cccc(NC)n2)cc1. The van der Waals surface area contributed by atoms with Gasteiger partial charge in [-0.05, 0) is 98.5 Å². The summed E-state index contributed by atoms with van der Waals surface area (Å²) < 4.78 is 29.3. The van der Waals surface area contributed by atoms with Crippen LogP contribution in [0.3, 0.4) is 0 Å². The minimum absolute atomic E-state index is 0.0990. The molecule has 1 unspecified atom stereocenters. The van der Waals surface area contributed by atoms with Crippen molar-refractivity contribution in [2.24, 2.45) is 0 Å². The van der Waals surface area contributed by atoms with Crippen LogP contribution in [0.2, 0.25) is 0 Å². The standard InChI is InChI=1S/C55H64N6O8/c1-7-65-53(63)52(61(38-42-18-12-9-13-19-42)39-44-26-30-48(31-27-44)66-34-32-45-20-14-22-49(56-5)57-45)68-51(62)40-60(36-41-16-10-8-11-17-41)37-43-24-28-47(29-25-43)67-35-33-46-21-15-23-50(58-46)59(6)54(64)69-55(2,3)4/h8-31,52H,7,32-40H2,1-6H3,(H,56,57). The molecule has 0 aliphatic heterocycles. The molecule has 2 aromatic heterocycles. The van der Waals surface area contributed by atoms with Crippen molar-refractivity contribution in [2.75, 3.05) is 50.7 Å². The van der Waals surface area contributed by atoms with Gasteiger partial charge in [-0.1, -0.05) is 97.1 Å². The molecule has 2 heterocycles. The number of nitrogens with zero attached hydrogens (tertiary/aromatic N) is 5. The Morgan fingerprint density at radius 1 is 0.623 bits per heavy atom. The second-order valence-corrected chi connectivity index (χ2v) is 17.4. The Balaban J connectivity index is 1.10. The number of anilines is 2. The first-order valence-electron chi connectivity index (χ1n) is 23.2. The van der Waals surface area contributed by atoms with Crippen LogP contribution in [0.25, 0.3) is 0 Å². The number of benzene rings is 4. The van der Waals surface area contributed by atoms with Gasteiger partial charge in [0.05, 0.1) is 26.4 Å². The minimum atomic E-state index is -1.33. The first-order chi connectivity index (χ1) is 33.3. The molecule has 0 saturated heterocycles. The predicted molar refractivity (Wildman–Crippen MR) is 267 cm³/mol. The van der Waals surface area contributed by atoms with E-state index in [0.29, 0.717) is 63.0 Å². The third-order valence-electron chi connectivity index (χ3n) is 10.7. The third-order valence-corrected chi connectivity index (χ3v) is 10.7. The lowest BCUT2D eigenvalue weighted by molar-refractivity contribution is -0.183. The highest BCUT2D eigenvalue weighted by Crippen LogP contribution is 2.22. The van der Waals surface area contributed by atoms with Crippen molar-refractivity contribution in [3.05, 3.63) is 179 Å². The number of hydrogen-bond acceptors (Lipinski definition) is 13. The van der Waals surface area contributed by atoms with E-state index in [-0.39, 0.29) is 19.7 Å². The molecule has 0 saturated carbocycles. The van der Waals surface area contributed by atoms with E-state index in [1.807, 2.05) is 177 Å². The van der Waals surface area contributed by atoms with Crippen LogP contribution in [0.5, 0.6) is 11.5 Å². The highest BCUT2D eigenvalue weighted by Gasteiger charge is 2.32.